The SMILES string of the molecule is COc1cc(C(N)=O)cc(N)c1NC/C=C/CNc1c(N)cc(C(N)=O)cc1OCCCC(=O)OC(C)(C)C. The van der Waals surface area contributed by atoms with E-state index in [0.29, 0.717) is 48.1 Å². The Morgan fingerprint density at radius 1 is 0.846 bits per heavy atom. The van der Waals surface area contributed by atoms with Gasteiger partial charge in [0.2, 0.25) is 11.8 Å². The van der Waals surface area contributed by atoms with Gasteiger partial charge in [0.1, 0.15) is 28.5 Å². The number of hydrogen-bond donors (Lipinski definition) is 6. The normalized spacial score (nSPS) is 11.2. The highest BCUT2D eigenvalue weighted by Crippen LogP contribution is 2.33. The van der Waals surface area contributed by atoms with Crippen molar-refractivity contribution in [3.8, 4) is 11.5 Å². The maximum absolute atomic E-state index is 11.9. The average Bonchev–Trinajstić information content (AvgIpc) is 2.83. The molecule has 0 heterocycles. The Hall–Kier alpha value is -4.61. The lowest BCUT2D eigenvalue weighted by Crippen LogP contribution is -2.24. The van der Waals surface area contributed by atoms with E-state index in [0.717, 1.165) is 0 Å². The van der Waals surface area contributed by atoms with Crippen molar-refractivity contribution in [3.05, 3.63) is 47.5 Å². The highest BCUT2D eigenvalue weighted by atomic mass is 16.6. The van der Waals surface area contributed by atoms with Gasteiger partial charge in [0, 0.05) is 30.6 Å². The Balaban J connectivity index is 2.00. The lowest BCUT2D eigenvalue weighted by Gasteiger charge is -2.19. The molecular weight excluding hydrogens is 504 g/mol. The van der Waals surface area contributed by atoms with Gasteiger partial charge in [0.05, 0.1) is 25.1 Å². The molecule has 2 aromatic carbocycles. The van der Waals surface area contributed by atoms with Crippen molar-refractivity contribution in [2.24, 2.45) is 11.5 Å². The molecule has 0 atom stereocenters. The fraction of sp³-hybridized carbons (Fsp3) is 0.370. The van der Waals surface area contributed by atoms with Gasteiger partial charge in [-0.05, 0) is 51.5 Å². The average molecular weight is 543 g/mol. The Kier molecular flexibility index (Phi) is 10.8. The number of esters is 1. The molecule has 0 bridgehead atoms. The van der Waals surface area contributed by atoms with E-state index in [4.69, 9.17) is 37.1 Å². The van der Waals surface area contributed by atoms with Crippen LogP contribution >= 0.6 is 0 Å². The minimum Gasteiger partial charge on any atom is -0.494 e. The van der Waals surface area contributed by atoms with Crippen LogP contribution in [0.3, 0.4) is 0 Å². The number of anilines is 4. The lowest BCUT2D eigenvalue weighted by molar-refractivity contribution is -0.155. The van der Waals surface area contributed by atoms with E-state index in [-0.39, 0.29) is 35.8 Å². The van der Waals surface area contributed by atoms with Crippen molar-refractivity contribution in [1.82, 2.24) is 0 Å². The van der Waals surface area contributed by atoms with Crippen molar-refractivity contribution in [2.45, 2.75) is 39.2 Å². The van der Waals surface area contributed by atoms with Gasteiger partial charge in [-0.1, -0.05) is 12.2 Å². The van der Waals surface area contributed by atoms with Gasteiger partial charge in [-0.15, -0.1) is 0 Å². The van der Waals surface area contributed by atoms with E-state index in [1.165, 1.54) is 31.4 Å². The molecule has 212 valence electrons. The highest BCUT2D eigenvalue weighted by Gasteiger charge is 2.17. The molecule has 2 aromatic rings. The molecule has 39 heavy (non-hydrogen) atoms. The number of primary amides is 2. The monoisotopic (exact) mass is 542 g/mol. The van der Waals surface area contributed by atoms with Crippen molar-refractivity contribution in [3.63, 3.8) is 0 Å². The van der Waals surface area contributed by atoms with Crippen LogP contribution in [-0.4, -0.2) is 50.2 Å². The molecule has 12 heteroatoms. The summed E-state index contributed by atoms with van der Waals surface area (Å²) < 4.78 is 16.4. The van der Waals surface area contributed by atoms with Crippen LogP contribution in [0.15, 0.2) is 36.4 Å². The van der Waals surface area contributed by atoms with Gasteiger partial charge in [-0.3, -0.25) is 14.4 Å². The van der Waals surface area contributed by atoms with Crippen LogP contribution in [0.5, 0.6) is 11.5 Å². The second-order valence-corrected chi connectivity index (χ2v) is 9.58. The molecule has 0 radical (unpaired) electrons. The van der Waals surface area contributed by atoms with E-state index in [1.807, 2.05) is 12.2 Å². The molecule has 10 N–H and O–H groups in total. The number of carbonyl (C=O) groups is 3. The van der Waals surface area contributed by atoms with Crippen LogP contribution in [0, 0.1) is 0 Å². The summed E-state index contributed by atoms with van der Waals surface area (Å²) in [6.07, 6.45) is 4.29. The number of ether oxygens (including phenoxy) is 3. The Bertz CT molecular complexity index is 1220. The van der Waals surface area contributed by atoms with Crippen LogP contribution < -0.4 is 43.0 Å². The molecule has 12 nitrogen and oxygen atoms in total. The van der Waals surface area contributed by atoms with E-state index in [9.17, 15) is 14.4 Å². The molecule has 0 spiro atoms. The minimum absolute atomic E-state index is 0.182. The predicted molar refractivity (Wildman–Crippen MR) is 152 cm³/mol. The number of benzene rings is 2. The zero-order valence-corrected chi connectivity index (χ0v) is 22.8. The van der Waals surface area contributed by atoms with E-state index in [1.54, 1.807) is 20.8 Å². The molecule has 0 aliphatic carbocycles. The first-order chi connectivity index (χ1) is 18.3. The summed E-state index contributed by atoms with van der Waals surface area (Å²) in [6, 6.07) is 5.96. The Morgan fingerprint density at radius 3 is 1.79 bits per heavy atom. The maximum Gasteiger partial charge on any atom is 0.306 e. The summed E-state index contributed by atoms with van der Waals surface area (Å²) in [5, 5.41) is 6.31. The number of amides is 2. The first-order valence-corrected chi connectivity index (χ1v) is 12.3. The molecule has 0 saturated carbocycles. The van der Waals surface area contributed by atoms with Crippen molar-refractivity contribution < 1.29 is 28.6 Å². The van der Waals surface area contributed by atoms with Crippen LogP contribution in [-0.2, 0) is 9.53 Å². The number of hydrogen-bond acceptors (Lipinski definition) is 10. The number of nitrogens with one attached hydrogen (secondary N) is 2. The number of nitrogen functional groups attached to an aromatic ring is 2. The van der Waals surface area contributed by atoms with Gasteiger partial charge in [-0.2, -0.15) is 0 Å². The maximum atomic E-state index is 11.9. The van der Waals surface area contributed by atoms with Crippen LogP contribution in [0.2, 0.25) is 0 Å². The lowest BCUT2D eigenvalue weighted by atomic mass is 10.1. The molecule has 0 fully saturated rings. The van der Waals surface area contributed by atoms with E-state index >= 15 is 0 Å². The number of carbonyl (C=O) groups excluding carboxylic acids is 3. The summed E-state index contributed by atoms with van der Waals surface area (Å²) in [4.78, 5) is 35.1. The van der Waals surface area contributed by atoms with Gasteiger partial charge in [-0.25, -0.2) is 0 Å². The predicted octanol–water partition coefficient (Wildman–Crippen LogP) is 2.64. The third-order valence-corrected chi connectivity index (χ3v) is 5.22. The highest BCUT2D eigenvalue weighted by molar-refractivity contribution is 5.97. The fourth-order valence-electron chi connectivity index (χ4n) is 3.49. The Morgan fingerprint density at radius 2 is 1.33 bits per heavy atom. The van der Waals surface area contributed by atoms with Crippen LogP contribution in [0.1, 0.15) is 54.3 Å². The molecule has 2 amide bonds. The quantitative estimate of drug-likeness (QED) is 0.0890. The first kappa shape index (κ1) is 30.6. The van der Waals surface area contributed by atoms with Crippen LogP contribution in [0.4, 0.5) is 22.7 Å². The number of rotatable bonds is 14. The van der Waals surface area contributed by atoms with Gasteiger partial charge < -0.3 is 47.8 Å². The summed E-state index contributed by atoms with van der Waals surface area (Å²) >= 11 is 0. The third kappa shape index (κ3) is 9.65. The number of methoxy groups -OCH3 is 1. The fourth-order valence-corrected chi connectivity index (χ4v) is 3.49. The largest absolute Gasteiger partial charge is 0.494 e. The van der Waals surface area contributed by atoms with E-state index in [2.05, 4.69) is 10.6 Å². The second kappa shape index (κ2) is 13.8. The zero-order chi connectivity index (χ0) is 29.2. The summed E-state index contributed by atoms with van der Waals surface area (Å²) in [7, 11) is 1.47. The van der Waals surface area contributed by atoms with Crippen LogP contribution in [0.25, 0.3) is 0 Å². The second-order valence-electron chi connectivity index (χ2n) is 9.58. The summed E-state index contributed by atoms with van der Waals surface area (Å²) in [5.74, 6) is -0.835. The zero-order valence-electron chi connectivity index (χ0n) is 22.8. The summed E-state index contributed by atoms with van der Waals surface area (Å²) in [5.41, 5.74) is 24.5. The van der Waals surface area contributed by atoms with Gasteiger partial charge >= 0.3 is 5.97 Å². The standard InChI is InChI=1S/C27H38N6O6/c1-27(2,3)39-22(34)8-7-11-38-21-15-17(26(31)36)13-19(29)24(21)33-10-6-5-9-32-23-18(28)12-16(25(30)35)14-20(23)37-4/h5-6,12-15,32-33H,7-11,28-29H2,1-4H3,(H2,30,35)(H2,31,36)/b6-5+. The third-order valence-electron chi connectivity index (χ3n) is 5.22. The molecule has 2 rings (SSSR count). The van der Waals surface area contributed by atoms with Gasteiger partial charge in [0.15, 0.2) is 0 Å². The molecule has 0 saturated heterocycles. The topological polar surface area (TPSA) is 207 Å². The molecule has 0 unspecified atom stereocenters. The minimum atomic E-state index is -0.642. The number of nitrogens with two attached hydrogens (primary N) is 4. The molecule has 0 aromatic heterocycles. The summed E-state index contributed by atoms with van der Waals surface area (Å²) in [6.45, 7) is 6.39. The molecule has 0 aliphatic heterocycles. The van der Waals surface area contributed by atoms with Crippen molar-refractivity contribution in [1.29, 1.82) is 0 Å². The van der Waals surface area contributed by atoms with Crippen molar-refractivity contribution >= 4 is 40.5 Å². The molecular formula is C27H38N6O6. The smallest absolute Gasteiger partial charge is 0.306 e. The van der Waals surface area contributed by atoms with Gasteiger partial charge in [0.25, 0.3) is 0 Å². The first-order valence-electron chi connectivity index (χ1n) is 12.3. The van der Waals surface area contributed by atoms with Crippen molar-refractivity contribution in [2.75, 3.05) is 48.9 Å². The Labute approximate surface area is 228 Å². The molecule has 0 aliphatic rings. The van der Waals surface area contributed by atoms with E-state index < -0.39 is 17.4 Å².